The summed E-state index contributed by atoms with van der Waals surface area (Å²) in [5.74, 6) is 0. The molecular formula is C58H39NO2. The van der Waals surface area contributed by atoms with Crippen molar-refractivity contribution in [1.82, 2.24) is 0 Å². The molecule has 288 valence electrons. The van der Waals surface area contributed by atoms with Gasteiger partial charge in [0.25, 0.3) is 0 Å². The van der Waals surface area contributed by atoms with E-state index in [2.05, 4.69) is 195 Å². The molecule has 0 saturated carbocycles. The predicted octanol–water partition coefficient (Wildman–Crippen LogP) is 15.6. The van der Waals surface area contributed by atoms with Crippen LogP contribution in [0.5, 0.6) is 0 Å². The number of fused-ring (bicyclic) bond motifs is 15. The largest absolute Gasteiger partial charge is 0.456 e. The summed E-state index contributed by atoms with van der Waals surface area (Å²) in [6.07, 6.45) is 0. The van der Waals surface area contributed by atoms with Crippen molar-refractivity contribution >= 4 is 60.9 Å². The van der Waals surface area contributed by atoms with Gasteiger partial charge in [0, 0.05) is 27.3 Å². The van der Waals surface area contributed by atoms with Crippen LogP contribution in [0.1, 0.15) is 47.2 Å². The molecule has 2 heterocycles. The van der Waals surface area contributed by atoms with Crippen molar-refractivity contribution < 1.29 is 8.83 Å². The second-order valence-electron chi connectivity index (χ2n) is 17.2. The van der Waals surface area contributed by atoms with Gasteiger partial charge in [-0.1, -0.05) is 166 Å². The summed E-state index contributed by atoms with van der Waals surface area (Å²) in [4.78, 5) is 2.34. The summed E-state index contributed by atoms with van der Waals surface area (Å²) in [6.45, 7) is 4.76. The molecule has 2 aliphatic carbocycles. The van der Waals surface area contributed by atoms with Crippen LogP contribution in [0.15, 0.2) is 209 Å². The maximum absolute atomic E-state index is 6.70. The molecule has 11 aromatic rings. The highest BCUT2D eigenvalue weighted by Gasteiger charge is 2.53. The highest BCUT2D eigenvalue weighted by Crippen LogP contribution is 2.62. The van der Waals surface area contributed by atoms with Gasteiger partial charge in [0.05, 0.1) is 22.2 Å². The predicted molar refractivity (Wildman–Crippen MR) is 251 cm³/mol. The van der Waals surface area contributed by atoms with Crippen LogP contribution < -0.4 is 4.90 Å². The number of benzene rings is 9. The minimum atomic E-state index is -0.446. The van der Waals surface area contributed by atoms with Gasteiger partial charge in [0.15, 0.2) is 5.58 Å². The summed E-state index contributed by atoms with van der Waals surface area (Å²) in [6, 6.07) is 72.9. The first kappa shape index (κ1) is 34.3. The van der Waals surface area contributed by atoms with Gasteiger partial charge in [0.2, 0.25) is 0 Å². The normalized spacial score (nSPS) is 14.3. The van der Waals surface area contributed by atoms with Gasteiger partial charge >= 0.3 is 0 Å². The van der Waals surface area contributed by atoms with E-state index in [1.807, 2.05) is 24.3 Å². The van der Waals surface area contributed by atoms with Crippen LogP contribution in [0.2, 0.25) is 0 Å². The number of hydrogen-bond donors (Lipinski definition) is 0. The molecule has 1 spiro atoms. The molecule has 0 aliphatic heterocycles. The molecule has 2 aromatic heterocycles. The van der Waals surface area contributed by atoms with Crippen molar-refractivity contribution in [3.63, 3.8) is 0 Å². The van der Waals surface area contributed by atoms with Crippen LogP contribution in [0.25, 0.3) is 66.1 Å². The molecule has 3 heteroatoms. The van der Waals surface area contributed by atoms with Crippen molar-refractivity contribution in [3.8, 4) is 22.3 Å². The topological polar surface area (TPSA) is 29.5 Å². The lowest BCUT2D eigenvalue weighted by atomic mass is 9.55. The fraction of sp³-hybridized carbons (Fsp3) is 0.0690. The van der Waals surface area contributed by atoms with Crippen molar-refractivity contribution in [1.29, 1.82) is 0 Å². The number of hydrogen-bond acceptors (Lipinski definition) is 3. The molecule has 0 bridgehead atoms. The van der Waals surface area contributed by atoms with Crippen LogP contribution in [-0.4, -0.2) is 0 Å². The van der Waals surface area contributed by atoms with E-state index in [1.165, 1.54) is 50.1 Å². The van der Waals surface area contributed by atoms with Crippen molar-refractivity contribution in [3.05, 3.63) is 234 Å². The average Bonchev–Trinajstić information content (AvgIpc) is 3.98. The summed E-state index contributed by atoms with van der Waals surface area (Å²) < 4.78 is 13.1. The Bertz CT molecular complexity index is 3530. The minimum Gasteiger partial charge on any atom is -0.456 e. The minimum absolute atomic E-state index is 0.144. The van der Waals surface area contributed by atoms with Gasteiger partial charge in [-0.05, 0) is 104 Å². The molecule has 61 heavy (non-hydrogen) atoms. The zero-order chi connectivity index (χ0) is 40.5. The average molecular weight is 782 g/mol. The fourth-order valence-electron chi connectivity index (χ4n) is 11.1. The number of rotatable bonds is 4. The van der Waals surface area contributed by atoms with E-state index >= 15 is 0 Å². The third-order valence-corrected chi connectivity index (χ3v) is 13.8. The first-order chi connectivity index (χ1) is 30.0. The first-order valence-corrected chi connectivity index (χ1v) is 21.2. The summed E-state index contributed by atoms with van der Waals surface area (Å²) >= 11 is 0. The van der Waals surface area contributed by atoms with Gasteiger partial charge in [-0.2, -0.15) is 0 Å². The van der Waals surface area contributed by atoms with E-state index in [4.69, 9.17) is 8.83 Å². The zero-order valence-corrected chi connectivity index (χ0v) is 33.8. The Morgan fingerprint density at radius 2 is 0.918 bits per heavy atom. The molecule has 0 unspecified atom stereocenters. The Balaban J connectivity index is 1.01. The van der Waals surface area contributed by atoms with Crippen molar-refractivity contribution in [2.24, 2.45) is 0 Å². The Hall–Kier alpha value is -7.62. The van der Waals surface area contributed by atoms with Crippen LogP contribution >= 0.6 is 0 Å². The third kappa shape index (κ3) is 4.58. The van der Waals surface area contributed by atoms with E-state index in [9.17, 15) is 0 Å². The van der Waals surface area contributed by atoms with Gasteiger partial charge in [-0.3, -0.25) is 0 Å². The lowest BCUT2D eigenvalue weighted by molar-refractivity contribution is 0.563. The second-order valence-corrected chi connectivity index (χ2v) is 17.2. The zero-order valence-electron chi connectivity index (χ0n) is 33.8. The number of anilines is 3. The smallest absolute Gasteiger partial charge is 0.159 e. The SMILES string of the molecule is CC1(C)c2ccccc2C2(c3ccccc3-c3ccc(-c4ccc(N(c5cccc6c5oc5ccccc56)c5cccc6oc7ccccc7c56)cc4)cc32)c2ccccc21. The molecule has 0 radical (unpaired) electrons. The molecule has 0 fully saturated rings. The highest BCUT2D eigenvalue weighted by atomic mass is 16.3. The van der Waals surface area contributed by atoms with E-state index in [0.29, 0.717) is 0 Å². The van der Waals surface area contributed by atoms with Gasteiger partial charge < -0.3 is 13.7 Å². The lowest BCUT2D eigenvalue weighted by Gasteiger charge is -2.46. The van der Waals surface area contributed by atoms with Crippen LogP contribution in [0.4, 0.5) is 17.1 Å². The molecule has 0 saturated heterocycles. The monoisotopic (exact) mass is 781 g/mol. The van der Waals surface area contributed by atoms with Crippen molar-refractivity contribution in [2.75, 3.05) is 4.90 Å². The van der Waals surface area contributed by atoms with E-state index in [-0.39, 0.29) is 5.41 Å². The molecule has 9 aromatic carbocycles. The van der Waals surface area contributed by atoms with Crippen LogP contribution in [0, 0.1) is 0 Å². The number of nitrogens with zero attached hydrogens (tertiary/aromatic N) is 1. The second kappa shape index (κ2) is 12.5. The first-order valence-electron chi connectivity index (χ1n) is 21.2. The summed E-state index contributed by atoms with van der Waals surface area (Å²) in [7, 11) is 0. The molecule has 0 atom stereocenters. The Kier molecular flexibility index (Phi) is 6.99. The number of para-hydroxylation sites is 3. The summed E-state index contributed by atoms with van der Waals surface area (Å²) in [5.41, 5.74) is 19.0. The standard InChI is InChI=1S/C58H39NO2/c1-57(2)45-20-7-9-22-47(45)58(48-23-10-8-21-46(48)57)44-19-6-3-15-39(44)40-34-31-37(35-49(40)58)36-29-32-38(33-30-36)59(50-24-14-28-54-55(50)43-17-5-12-27-53(43)60-54)51-25-13-18-42-41-16-4-11-26-52(41)61-56(42)51/h3-35H,1-2H3. The molecule has 2 aliphatic rings. The van der Waals surface area contributed by atoms with Crippen LogP contribution in [-0.2, 0) is 10.8 Å². The molecule has 13 rings (SSSR count). The van der Waals surface area contributed by atoms with Crippen LogP contribution in [0.3, 0.4) is 0 Å². The summed E-state index contributed by atoms with van der Waals surface area (Å²) in [5, 5.41) is 4.33. The van der Waals surface area contributed by atoms with E-state index in [1.54, 1.807) is 0 Å². The third-order valence-electron chi connectivity index (χ3n) is 13.8. The van der Waals surface area contributed by atoms with Gasteiger partial charge in [-0.25, -0.2) is 0 Å². The number of furan rings is 2. The molecule has 3 nitrogen and oxygen atoms in total. The highest BCUT2D eigenvalue weighted by molar-refractivity contribution is 6.16. The Morgan fingerprint density at radius 3 is 1.67 bits per heavy atom. The lowest BCUT2D eigenvalue weighted by Crippen LogP contribution is -2.40. The molecule has 0 amide bonds. The maximum Gasteiger partial charge on any atom is 0.159 e. The van der Waals surface area contributed by atoms with E-state index < -0.39 is 5.41 Å². The maximum atomic E-state index is 6.70. The quantitative estimate of drug-likeness (QED) is 0.178. The fourth-order valence-corrected chi connectivity index (χ4v) is 11.1. The molecule has 0 N–H and O–H groups in total. The van der Waals surface area contributed by atoms with Gasteiger partial charge in [-0.15, -0.1) is 0 Å². The van der Waals surface area contributed by atoms with E-state index in [0.717, 1.165) is 66.5 Å². The molecular weight excluding hydrogens is 743 g/mol. The van der Waals surface area contributed by atoms with Crippen molar-refractivity contribution in [2.45, 2.75) is 24.7 Å². The Labute approximate surface area is 353 Å². The Morgan fingerprint density at radius 1 is 0.377 bits per heavy atom. The van der Waals surface area contributed by atoms with Gasteiger partial charge in [0.1, 0.15) is 16.7 Å².